The lowest BCUT2D eigenvalue weighted by Gasteiger charge is -2.19. The average Bonchev–Trinajstić information content (AvgIpc) is 2.13. The minimum atomic E-state index is -4.39. The van der Waals surface area contributed by atoms with Crippen LogP contribution in [0.3, 0.4) is 0 Å². The fourth-order valence-electron chi connectivity index (χ4n) is 1.38. The summed E-state index contributed by atoms with van der Waals surface area (Å²) < 4.78 is 37.7. The summed E-state index contributed by atoms with van der Waals surface area (Å²) in [5.41, 5.74) is 5.01. The van der Waals surface area contributed by atoms with Crippen molar-refractivity contribution in [2.75, 3.05) is 11.9 Å². The molecule has 102 valence electrons. The molecule has 0 aliphatic carbocycles. The molecule has 1 rings (SSSR count). The van der Waals surface area contributed by atoms with E-state index in [4.69, 9.17) is 17.3 Å². The van der Waals surface area contributed by atoms with Gasteiger partial charge in [0, 0.05) is 22.8 Å². The molecule has 18 heavy (non-hydrogen) atoms. The van der Waals surface area contributed by atoms with Crippen LogP contribution in [-0.4, -0.2) is 12.1 Å². The van der Waals surface area contributed by atoms with E-state index in [1.807, 2.05) is 13.8 Å². The number of hydrogen-bond donors (Lipinski definition) is 2. The van der Waals surface area contributed by atoms with E-state index in [0.29, 0.717) is 18.7 Å². The molecule has 0 fully saturated rings. The van der Waals surface area contributed by atoms with Crippen LogP contribution in [-0.2, 0) is 6.18 Å². The Hall–Kier alpha value is -0.940. The molecule has 6 heteroatoms. The average molecular weight is 281 g/mol. The molecular formula is C12H16ClF3N2. The molecule has 0 aliphatic heterocycles. The van der Waals surface area contributed by atoms with Crippen molar-refractivity contribution >= 4 is 17.3 Å². The van der Waals surface area contributed by atoms with E-state index in [-0.39, 0.29) is 10.6 Å². The van der Waals surface area contributed by atoms with Crippen LogP contribution in [0.25, 0.3) is 0 Å². The van der Waals surface area contributed by atoms with Crippen molar-refractivity contribution in [1.82, 2.24) is 0 Å². The van der Waals surface area contributed by atoms with E-state index in [9.17, 15) is 13.2 Å². The highest BCUT2D eigenvalue weighted by Crippen LogP contribution is 2.33. The van der Waals surface area contributed by atoms with Gasteiger partial charge in [0.1, 0.15) is 0 Å². The molecule has 2 nitrogen and oxygen atoms in total. The second-order valence-corrected chi connectivity index (χ2v) is 5.33. The van der Waals surface area contributed by atoms with Crippen molar-refractivity contribution < 1.29 is 13.2 Å². The Balaban J connectivity index is 2.75. The molecule has 3 N–H and O–H groups in total. The van der Waals surface area contributed by atoms with Gasteiger partial charge in [0.15, 0.2) is 0 Å². The lowest BCUT2D eigenvalue weighted by molar-refractivity contribution is -0.137. The van der Waals surface area contributed by atoms with Gasteiger partial charge in [0.2, 0.25) is 0 Å². The lowest BCUT2D eigenvalue weighted by Crippen LogP contribution is -2.34. The molecule has 0 bridgehead atoms. The third-order valence-electron chi connectivity index (χ3n) is 2.32. The van der Waals surface area contributed by atoms with Gasteiger partial charge in [-0.25, -0.2) is 0 Å². The SMILES string of the molecule is CC(C)(N)CCNc1cc(Cl)cc(C(F)(F)F)c1. The first kappa shape index (κ1) is 15.1. The third kappa shape index (κ3) is 5.14. The Bertz CT molecular complexity index is 411. The minimum Gasteiger partial charge on any atom is -0.385 e. The van der Waals surface area contributed by atoms with E-state index < -0.39 is 11.7 Å². The predicted molar refractivity (Wildman–Crippen MR) is 67.8 cm³/mol. The van der Waals surface area contributed by atoms with E-state index in [0.717, 1.165) is 12.1 Å². The van der Waals surface area contributed by atoms with Crippen molar-refractivity contribution in [3.05, 3.63) is 28.8 Å². The van der Waals surface area contributed by atoms with Gasteiger partial charge in [-0.3, -0.25) is 0 Å². The number of nitrogens with one attached hydrogen (secondary N) is 1. The summed E-state index contributed by atoms with van der Waals surface area (Å²) in [7, 11) is 0. The van der Waals surface area contributed by atoms with Crippen molar-refractivity contribution in [1.29, 1.82) is 0 Å². The summed E-state index contributed by atoms with van der Waals surface area (Å²) in [5.74, 6) is 0. The van der Waals surface area contributed by atoms with Crippen molar-refractivity contribution in [2.24, 2.45) is 5.73 Å². The Kier molecular flexibility index (Phi) is 4.50. The van der Waals surface area contributed by atoms with E-state index in [1.54, 1.807) is 0 Å². The van der Waals surface area contributed by atoms with E-state index in [2.05, 4.69) is 5.32 Å². The smallest absolute Gasteiger partial charge is 0.385 e. The number of hydrogen-bond acceptors (Lipinski definition) is 2. The summed E-state index contributed by atoms with van der Waals surface area (Å²) in [5, 5.41) is 2.95. The van der Waals surface area contributed by atoms with Gasteiger partial charge in [0.05, 0.1) is 5.56 Å². The van der Waals surface area contributed by atoms with Crippen LogP contribution in [0.15, 0.2) is 18.2 Å². The van der Waals surface area contributed by atoms with E-state index >= 15 is 0 Å². The zero-order valence-electron chi connectivity index (χ0n) is 10.2. The first-order valence-electron chi connectivity index (χ1n) is 5.48. The maximum absolute atomic E-state index is 12.6. The van der Waals surface area contributed by atoms with Crippen molar-refractivity contribution in [2.45, 2.75) is 32.0 Å². The molecule has 0 aliphatic rings. The summed E-state index contributed by atoms with van der Waals surface area (Å²) in [4.78, 5) is 0. The largest absolute Gasteiger partial charge is 0.416 e. The summed E-state index contributed by atoms with van der Waals surface area (Å²) in [6.07, 6.45) is -3.75. The summed E-state index contributed by atoms with van der Waals surface area (Å²) in [6.45, 7) is 4.20. The molecular weight excluding hydrogens is 265 g/mol. The zero-order chi connectivity index (χ0) is 14.0. The highest BCUT2D eigenvalue weighted by Gasteiger charge is 2.31. The maximum atomic E-state index is 12.6. The van der Waals surface area contributed by atoms with Gasteiger partial charge in [0.25, 0.3) is 0 Å². The van der Waals surface area contributed by atoms with Crippen LogP contribution < -0.4 is 11.1 Å². The van der Waals surface area contributed by atoms with Crippen molar-refractivity contribution in [3.63, 3.8) is 0 Å². The Morgan fingerprint density at radius 1 is 1.22 bits per heavy atom. The topological polar surface area (TPSA) is 38.0 Å². The molecule has 0 aromatic heterocycles. The zero-order valence-corrected chi connectivity index (χ0v) is 11.0. The fourth-order valence-corrected chi connectivity index (χ4v) is 1.62. The van der Waals surface area contributed by atoms with Crippen LogP contribution in [0.1, 0.15) is 25.8 Å². The standard InChI is InChI=1S/C12H16ClF3N2/c1-11(2,17)3-4-18-10-6-8(12(14,15)16)5-9(13)7-10/h5-7,18H,3-4,17H2,1-2H3. The summed E-state index contributed by atoms with van der Waals surface area (Å²) >= 11 is 5.66. The van der Waals surface area contributed by atoms with Crippen LogP contribution in [0.4, 0.5) is 18.9 Å². The molecule has 0 heterocycles. The molecule has 0 spiro atoms. The molecule has 0 atom stereocenters. The van der Waals surface area contributed by atoms with Crippen molar-refractivity contribution in [3.8, 4) is 0 Å². The number of anilines is 1. The molecule has 0 radical (unpaired) electrons. The number of benzene rings is 1. The lowest BCUT2D eigenvalue weighted by atomic mass is 10.0. The summed E-state index contributed by atoms with van der Waals surface area (Å²) in [6, 6.07) is 3.40. The molecule has 0 amide bonds. The van der Waals surface area contributed by atoms with Gasteiger partial charge in [-0.2, -0.15) is 13.2 Å². The van der Waals surface area contributed by atoms with Gasteiger partial charge in [-0.15, -0.1) is 0 Å². The predicted octanol–water partition coefficient (Wildman–Crippen LogP) is 3.90. The van der Waals surface area contributed by atoms with Gasteiger partial charge in [-0.05, 0) is 38.5 Å². The first-order valence-corrected chi connectivity index (χ1v) is 5.86. The van der Waals surface area contributed by atoms with Crippen LogP contribution >= 0.6 is 11.6 Å². The fraction of sp³-hybridized carbons (Fsp3) is 0.500. The molecule has 1 aromatic rings. The van der Waals surface area contributed by atoms with Gasteiger partial charge in [-0.1, -0.05) is 11.6 Å². The highest BCUT2D eigenvalue weighted by atomic mass is 35.5. The Morgan fingerprint density at radius 2 is 1.83 bits per heavy atom. The second kappa shape index (κ2) is 5.36. The number of alkyl halides is 3. The van der Waals surface area contributed by atoms with Crippen LogP contribution in [0.5, 0.6) is 0 Å². The van der Waals surface area contributed by atoms with E-state index in [1.165, 1.54) is 6.07 Å². The first-order chi connectivity index (χ1) is 8.08. The number of halogens is 4. The maximum Gasteiger partial charge on any atom is 0.416 e. The monoisotopic (exact) mass is 280 g/mol. The van der Waals surface area contributed by atoms with Crippen LogP contribution in [0, 0.1) is 0 Å². The normalized spacial score (nSPS) is 12.6. The highest BCUT2D eigenvalue weighted by molar-refractivity contribution is 6.30. The minimum absolute atomic E-state index is 0.0549. The Labute approximate surface area is 109 Å². The molecule has 0 unspecified atom stereocenters. The molecule has 1 aromatic carbocycles. The second-order valence-electron chi connectivity index (χ2n) is 4.89. The number of rotatable bonds is 4. The molecule has 0 saturated heterocycles. The third-order valence-corrected chi connectivity index (χ3v) is 2.54. The quantitative estimate of drug-likeness (QED) is 0.878. The van der Waals surface area contributed by atoms with Crippen LogP contribution in [0.2, 0.25) is 5.02 Å². The van der Waals surface area contributed by atoms with Gasteiger partial charge >= 0.3 is 6.18 Å². The molecule has 0 saturated carbocycles. The Morgan fingerprint density at radius 3 is 2.33 bits per heavy atom. The van der Waals surface area contributed by atoms with Gasteiger partial charge < -0.3 is 11.1 Å². The number of nitrogens with two attached hydrogens (primary N) is 1.